The lowest BCUT2D eigenvalue weighted by molar-refractivity contribution is 0.756. The Morgan fingerprint density at radius 1 is 0.593 bits per heavy atom. The van der Waals surface area contributed by atoms with E-state index in [1.807, 2.05) is 6.07 Å². The van der Waals surface area contributed by atoms with Crippen LogP contribution in [0.1, 0.15) is 11.1 Å². The van der Waals surface area contributed by atoms with Gasteiger partial charge in [0.2, 0.25) is 0 Å². The molecule has 3 aromatic rings. The summed E-state index contributed by atoms with van der Waals surface area (Å²) in [7, 11) is 0. The van der Waals surface area contributed by atoms with Crippen LogP contribution in [0.5, 0.6) is 0 Å². The second-order valence-corrected chi connectivity index (χ2v) is 7.33. The van der Waals surface area contributed by atoms with Gasteiger partial charge in [-0.2, -0.15) is 0 Å². The van der Waals surface area contributed by atoms with E-state index < -0.39 is 0 Å². The van der Waals surface area contributed by atoms with Crippen molar-refractivity contribution in [1.82, 2.24) is 0 Å². The molecule has 0 N–H and O–H groups in total. The molecule has 4 rings (SSSR count). The van der Waals surface area contributed by atoms with E-state index in [1.165, 1.54) is 16.8 Å². The topological polar surface area (TPSA) is 9.72 Å². The number of rotatable bonds is 3. The molecule has 1 fully saturated rings. The van der Waals surface area contributed by atoms with Crippen LogP contribution < -0.4 is 14.7 Å². The Labute approximate surface area is 166 Å². The number of para-hydroxylation sites is 1. The van der Waals surface area contributed by atoms with E-state index >= 15 is 0 Å². The normalized spacial score (nSPS) is 14.6. The molecule has 1 aliphatic rings. The molecule has 0 saturated carbocycles. The second kappa shape index (κ2) is 7.41. The summed E-state index contributed by atoms with van der Waals surface area (Å²) in [5.41, 5.74) is 5.93. The molecule has 1 heterocycles. The first-order chi connectivity index (χ1) is 13.1. The van der Waals surface area contributed by atoms with Gasteiger partial charge in [0.15, 0.2) is 5.11 Å². The summed E-state index contributed by atoms with van der Waals surface area (Å²) >= 11 is 5.89. The minimum Gasteiger partial charge on any atom is -0.335 e. The number of hydrogen-bond donors (Lipinski definition) is 0. The zero-order valence-electron chi connectivity index (χ0n) is 15.7. The number of nitrogens with zero attached hydrogens (tertiary/aromatic N) is 3. The van der Waals surface area contributed by atoms with Crippen molar-refractivity contribution in [1.29, 1.82) is 0 Å². The van der Waals surface area contributed by atoms with E-state index in [1.54, 1.807) is 0 Å². The summed E-state index contributed by atoms with van der Waals surface area (Å²) in [6.07, 6.45) is 0. The molecule has 4 heteroatoms. The van der Waals surface area contributed by atoms with Crippen molar-refractivity contribution in [3.05, 3.63) is 90.0 Å². The Balaban J connectivity index is 1.72. The lowest BCUT2D eigenvalue weighted by Gasteiger charge is -2.45. The molecular weight excluding hydrogens is 350 g/mol. The fraction of sp³-hybridized carbons (Fsp3) is 0.174. The van der Waals surface area contributed by atoms with Gasteiger partial charge in [-0.3, -0.25) is 0 Å². The van der Waals surface area contributed by atoms with Gasteiger partial charge in [0.25, 0.3) is 0 Å². The highest BCUT2D eigenvalue weighted by molar-refractivity contribution is 7.80. The molecule has 136 valence electrons. The maximum absolute atomic E-state index is 5.89. The fourth-order valence-electron chi connectivity index (χ4n) is 3.29. The Morgan fingerprint density at radius 3 is 1.56 bits per heavy atom. The molecule has 0 atom stereocenters. The smallest absolute Gasteiger partial charge is 0.183 e. The summed E-state index contributed by atoms with van der Waals surface area (Å²) in [6.45, 7) is 5.68. The van der Waals surface area contributed by atoms with E-state index in [0.29, 0.717) is 0 Å². The third-order valence-electron chi connectivity index (χ3n) is 4.90. The van der Waals surface area contributed by atoms with Crippen molar-refractivity contribution in [3.8, 4) is 0 Å². The predicted octanol–water partition coefficient (Wildman–Crippen LogP) is 5.34. The third kappa shape index (κ3) is 3.67. The van der Waals surface area contributed by atoms with Crippen LogP contribution in [0.4, 0.5) is 17.1 Å². The molecule has 0 aromatic heterocycles. The highest BCUT2D eigenvalue weighted by Gasteiger charge is 2.29. The minimum absolute atomic E-state index is 0.730. The van der Waals surface area contributed by atoms with Crippen molar-refractivity contribution in [2.75, 3.05) is 28.0 Å². The van der Waals surface area contributed by atoms with Crippen LogP contribution in [0, 0.1) is 13.8 Å². The van der Waals surface area contributed by atoms with E-state index in [-0.39, 0.29) is 0 Å². The van der Waals surface area contributed by atoms with E-state index in [2.05, 4.69) is 101 Å². The molecule has 0 spiro atoms. The maximum atomic E-state index is 5.89. The molecule has 27 heavy (non-hydrogen) atoms. The number of aryl methyl sites for hydroxylation is 2. The van der Waals surface area contributed by atoms with Gasteiger partial charge >= 0.3 is 0 Å². The number of anilines is 3. The highest BCUT2D eigenvalue weighted by atomic mass is 32.1. The summed E-state index contributed by atoms with van der Waals surface area (Å²) in [5, 5.41) is 0.827. The molecule has 0 unspecified atom stereocenters. The Morgan fingerprint density at radius 2 is 1.04 bits per heavy atom. The van der Waals surface area contributed by atoms with Crippen LogP contribution in [-0.4, -0.2) is 18.4 Å². The van der Waals surface area contributed by atoms with Crippen LogP contribution in [0.25, 0.3) is 0 Å². The molecule has 1 saturated heterocycles. The molecule has 0 amide bonds. The summed E-state index contributed by atoms with van der Waals surface area (Å²) in [5.74, 6) is 0. The van der Waals surface area contributed by atoms with Crippen molar-refractivity contribution in [3.63, 3.8) is 0 Å². The van der Waals surface area contributed by atoms with Crippen molar-refractivity contribution in [2.24, 2.45) is 0 Å². The van der Waals surface area contributed by atoms with Gasteiger partial charge in [-0.1, -0.05) is 53.6 Å². The first-order valence-electron chi connectivity index (χ1n) is 9.14. The van der Waals surface area contributed by atoms with Gasteiger partial charge < -0.3 is 14.7 Å². The second-order valence-electron chi connectivity index (χ2n) is 6.97. The zero-order chi connectivity index (χ0) is 18.8. The number of hydrogen-bond acceptors (Lipinski definition) is 2. The molecule has 0 aliphatic carbocycles. The molecule has 0 bridgehead atoms. The Bertz CT molecular complexity index is 920. The van der Waals surface area contributed by atoms with Crippen LogP contribution in [0.3, 0.4) is 0 Å². The minimum atomic E-state index is 0.730. The monoisotopic (exact) mass is 373 g/mol. The Kier molecular flexibility index (Phi) is 4.82. The van der Waals surface area contributed by atoms with Crippen molar-refractivity contribution < 1.29 is 0 Å². The molecule has 3 aromatic carbocycles. The van der Waals surface area contributed by atoms with Gasteiger partial charge in [0.05, 0.1) is 13.3 Å². The highest BCUT2D eigenvalue weighted by Crippen LogP contribution is 2.28. The van der Waals surface area contributed by atoms with Gasteiger partial charge in [-0.25, -0.2) is 0 Å². The molecule has 1 aliphatic heterocycles. The standard InChI is InChI=1S/C23H23N3S/c1-18-8-12-20(13-9-18)24-16-25(21-6-4-3-5-7-21)23(27)26(17-24)22-14-10-19(2)11-15-22/h3-15H,16-17H2,1-2H3. The lowest BCUT2D eigenvalue weighted by Crippen LogP contribution is -2.58. The van der Waals surface area contributed by atoms with Gasteiger partial charge in [-0.15, -0.1) is 0 Å². The quantitative estimate of drug-likeness (QED) is 0.573. The zero-order valence-corrected chi connectivity index (χ0v) is 16.5. The first kappa shape index (κ1) is 17.6. The number of thiocarbonyl (C=S) groups is 1. The summed E-state index contributed by atoms with van der Waals surface area (Å²) in [4.78, 5) is 6.74. The SMILES string of the molecule is Cc1ccc(N2CN(c3ccccc3)C(=S)N(c3ccc(C)cc3)C2)cc1. The third-order valence-corrected chi connectivity index (χ3v) is 5.34. The fourth-order valence-corrected chi connectivity index (χ4v) is 3.61. The first-order valence-corrected chi connectivity index (χ1v) is 9.55. The number of benzene rings is 3. The van der Waals surface area contributed by atoms with Crippen LogP contribution in [0.2, 0.25) is 0 Å². The van der Waals surface area contributed by atoms with Crippen molar-refractivity contribution >= 4 is 34.4 Å². The average Bonchev–Trinajstić information content (AvgIpc) is 2.70. The summed E-state index contributed by atoms with van der Waals surface area (Å²) < 4.78 is 0. The van der Waals surface area contributed by atoms with Gasteiger partial charge in [0.1, 0.15) is 0 Å². The Hall–Kier alpha value is -2.85. The largest absolute Gasteiger partial charge is 0.335 e. The van der Waals surface area contributed by atoms with E-state index in [0.717, 1.165) is 29.8 Å². The summed E-state index contributed by atoms with van der Waals surface area (Å²) in [6, 6.07) is 27.6. The van der Waals surface area contributed by atoms with Crippen LogP contribution in [0.15, 0.2) is 78.9 Å². The van der Waals surface area contributed by atoms with Gasteiger partial charge in [-0.05, 0) is 62.5 Å². The van der Waals surface area contributed by atoms with Crippen LogP contribution in [-0.2, 0) is 0 Å². The van der Waals surface area contributed by atoms with Gasteiger partial charge in [0, 0.05) is 17.1 Å². The van der Waals surface area contributed by atoms with E-state index in [4.69, 9.17) is 12.2 Å². The molecule has 0 radical (unpaired) electrons. The predicted molar refractivity (Wildman–Crippen MR) is 119 cm³/mol. The molecule has 3 nitrogen and oxygen atoms in total. The lowest BCUT2D eigenvalue weighted by atomic mass is 10.2. The maximum Gasteiger partial charge on any atom is 0.183 e. The van der Waals surface area contributed by atoms with E-state index in [9.17, 15) is 0 Å². The molecular formula is C23H23N3S. The van der Waals surface area contributed by atoms with Crippen LogP contribution >= 0.6 is 12.2 Å². The van der Waals surface area contributed by atoms with Crippen molar-refractivity contribution in [2.45, 2.75) is 13.8 Å². The average molecular weight is 374 g/mol.